The van der Waals surface area contributed by atoms with E-state index in [2.05, 4.69) is 64.7 Å². The number of rotatable bonds is 7. The molecule has 106 valence electrons. The summed E-state index contributed by atoms with van der Waals surface area (Å²) in [6.45, 7) is 13.1. The van der Waals surface area contributed by atoms with Gasteiger partial charge in [-0.3, -0.25) is 0 Å². The Morgan fingerprint density at radius 3 is 2.79 bits per heavy atom. The third kappa shape index (κ3) is 5.74. The van der Waals surface area contributed by atoms with Crippen LogP contribution in [0.4, 0.5) is 5.82 Å². The van der Waals surface area contributed by atoms with Gasteiger partial charge in [-0.25, -0.2) is 4.98 Å². The summed E-state index contributed by atoms with van der Waals surface area (Å²) in [7, 11) is 2.05. The predicted octanol–water partition coefficient (Wildman–Crippen LogP) is 3.60. The van der Waals surface area contributed by atoms with Crippen molar-refractivity contribution in [3.05, 3.63) is 34.5 Å². The lowest BCUT2D eigenvalue weighted by Crippen LogP contribution is -2.25. The number of anilines is 1. The molecule has 1 aromatic rings. The van der Waals surface area contributed by atoms with E-state index < -0.39 is 0 Å². The molecule has 0 radical (unpaired) electrons. The Bertz CT molecular complexity index is 429. The molecular weight excluding hydrogens is 302 g/mol. The first-order valence-corrected chi connectivity index (χ1v) is 7.40. The zero-order chi connectivity index (χ0) is 14.4. The van der Waals surface area contributed by atoms with E-state index in [1.165, 1.54) is 5.56 Å². The molecule has 0 spiro atoms. The van der Waals surface area contributed by atoms with Crippen LogP contribution < -0.4 is 10.2 Å². The average Bonchev–Trinajstić information content (AvgIpc) is 2.27. The lowest BCUT2D eigenvalue weighted by molar-refractivity contribution is 0.551. The summed E-state index contributed by atoms with van der Waals surface area (Å²) in [4.78, 5) is 6.67. The maximum atomic E-state index is 4.53. The van der Waals surface area contributed by atoms with Crippen LogP contribution in [-0.4, -0.2) is 25.1 Å². The molecular formula is C15H24BrN3. The fraction of sp³-hybridized carbons (Fsp3) is 0.533. The summed E-state index contributed by atoms with van der Waals surface area (Å²) in [5.41, 5.74) is 2.34. The van der Waals surface area contributed by atoms with Gasteiger partial charge < -0.3 is 10.2 Å². The second kappa shape index (κ2) is 7.65. The van der Waals surface area contributed by atoms with Gasteiger partial charge in [-0.1, -0.05) is 26.0 Å². The summed E-state index contributed by atoms with van der Waals surface area (Å²) >= 11 is 3.49. The molecule has 1 N–H and O–H groups in total. The van der Waals surface area contributed by atoms with Gasteiger partial charge in [0.25, 0.3) is 0 Å². The Labute approximate surface area is 125 Å². The fourth-order valence-electron chi connectivity index (χ4n) is 1.92. The molecule has 4 heteroatoms. The lowest BCUT2D eigenvalue weighted by atomic mass is 10.2. The van der Waals surface area contributed by atoms with Crippen LogP contribution in [0, 0.1) is 5.92 Å². The number of hydrogen-bond acceptors (Lipinski definition) is 3. The molecule has 0 aliphatic heterocycles. The first kappa shape index (κ1) is 16.2. The van der Waals surface area contributed by atoms with E-state index in [1.807, 2.05) is 13.1 Å². The molecule has 0 bridgehead atoms. The molecule has 19 heavy (non-hydrogen) atoms. The van der Waals surface area contributed by atoms with Crippen molar-refractivity contribution in [2.75, 3.05) is 25.0 Å². The number of nitrogens with zero attached hydrogens (tertiary/aromatic N) is 2. The smallest absolute Gasteiger partial charge is 0.133 e. The van der Waals surface area contributed by atoms with Crippen molar-refractivity contribution < 1.29 is 0 Å². The number of halogens is 1. The van der Waals surface area contributed by atoms with Crippen molar-refractivity contribution >= 4 is 21.7 Å². The first-order valence-electron chi connectivity index (χ1n) is 6.60. The van der Waals surface area contributed by atoms with Crippen molar-refractivity contribution in [3.8, 4) is 0 Å². The first-order chi connectivity index (χ1) is 8.90. The molecule has 0 aliphatic rings. The topological polar surface area (TPSA) is 28.2 Å². The molecule has 0 saturated carbocycles. The highest BCUT2D eigenvalue weighted by molar-refractivity contribution is 9.10. The number of hydrogen-bond donors (Lipinski definition) is 1. The van der Waals surface area contributed by atoms with Gasteiger partial charge in [-0.05, 0) is 41.4 Å². The highest BCUT2D eigenvalue weighted by Crippen LogP contribution is 2.21. The van der Waals surface area contributed by atoms with E-state index in [1.54, 1.807) is 0 Å². The van der Waals surface area contributed by atoms with Crippen molar-refractivity contribution in [2.24, 2.45) is 5.92 Å². The van der Waals surface area contributed by atoms with Crippen LogP contribution in [0.15, 0.2) is 28.9 Å². The maximum Gasteiger partial charge on any atom is 0.133 e. The number of nitrogens with one attached hydrogen (secondary N) is 1. The minimum atomic E-state index is 0.650. The molecule has 0 aromatic carbocycles. The maximum absolute atomic E-state index is 4.53. The minimum Gasteiger partial charge on any atom is -0.355 e. The van der Waals surface area contributed by atoms with Crippen molar-refractivity contribution in [3.63, 3.8) is 0 Å². The molecule has 0 atom stereocenters. The van der Waals surface area contributed by atoms with E-state index in [0.29, 0.717) is 5.92 Å². The Balaban J connectivity index is 2.81. The lowest BCUT2D eigenvalue weighted by Gasteiger charge is -2.22. The summed E-state index contributed by atoms with van der Waals surface area (Å²) < 4.78 is 1.02. The van der Waals surface area contributed by atoms with Crippen LogP contribution in [0.25, 0.3) is 0 Å². The number of likely N-dealkylation sites (N-methyl/N-ethyl adjacent to an activating group) is 1. The van der Waals surface area contributed by atoms with Gasteiger partial charge >= 0.3 is 0 Å². The summed E-state index contributed by atoms with van der Waals surface area (Å²) in [5.74, 6) is 1.67. The molecule has 1 rings (SSSR count). The van der Waals surface area contributed by atoms with Crippen LogP contribution in [0.5, 0.6) is 0 Å². The van der Waals surface area contributed by atoms with Gasteiger partial charge in [0.2, 0.25) is 0 Å². The summed E-state index contributed by atoms with van der Waals surface area (Å²) in [6.07, 6.45) is 1.84. The summed E-state index contributed by atoms with van der Waals surface area (Å²) in [6, 6.07) is 2.13. The molecule has 1 aromatic heterocycles. The Morgan fingerprint density at radius 2 is 2.21 bits per heavy atom. The normalized spacial score (nSPS) is 10.8. The van der Waals surface area contributed by atoms with E-state index in [0.717, 1.165) is 35.5 Å². The molecule has 3 nitrogen and oxygen atoms in total. The molecule has 0 fully saturated rings. The van der Waals surface area contributed by atoms with Crippen LogP contribution >= 0.6 is 15.9 Å². The SMILES string of the molecule is C=C(C)CN(C)c1ncc(Br)cc1CNCC(C)C. The average molecular weight is 326 g/mol. The fourth-order valence-corrected chi connectivity index (χ4v) is 2.30. The van der Waals surface area contributed by atoms with Crippen molar-refractivity contribution in [1.82, 2.24) is 10.3 Å². The van der Waals surface area contributed by atoms with Gasteiger partial charge in [0, 0.05) is 36.4 Å². The molecule has 0 unspecified atom stereocenters. The van der Waals surface area contributed by atoms with Gasteiger partial charge in [0.1, 0.15) is 5.82 Å². The van der Waals surface area contributed by atoms with Crippen LogP contribution in [0.1, 0.15) is 26.3 Å². The van der Waals surface area contributed by atoms with Crippen molar-refractivity contribution in [1.29, 1.82) is 0 Å². The zero-order valence-corrected chi connectivity index (χ0v) is 13.9. The molecule has 0 aliphatic carbocycles. The van der Waals surface area contributed by atoms with E-state index in [-0.39, 0.29) is 0 Å². The second-order valence-electron chi connectivity index (χ2n) is 5.47. The largest absolute Gasteiger partial charge is 0.355 e. The van der Waals surface area contributed by atoms with Gasteiger partial charge in [-0.2, -0.15) is 0 Å². The highest BCUT2D eigenvalue weighted by Gasteiger charge is 2.10. The van der Waals surface area contributed by atoms with Crippen LogP contribution in [0.2, 0.25) is 0 Å². The third-order valence-corrected chi connectivity index (χ3v) is 3.08. The van der Waals surface area contributed by atoms with E-state index in [9.17, 15) is 0 Å². The Kier molecular flexibility index (Phi) is 6.52. The standard InChI is InChI=1S/C15H24BrN3/c1-11(2)7-17-8-13-6-14(16)9-18-15(13)19(5)10-12(3)4/h6,9,11,17H,3,7-8,10H2,1-2,4-5H3. The molecule has 0 amide bonds. The monoisotopic (exact) mass is 325 g/mol. The van der Waals surface area contributed by atoms with Gasteiger partial charge in [0.05, 0.1) is 0 Å². The molecule has 1 heterocycles. The second-order valence-corrected chi connectivity index (χ2v) is 6.39. The molecule has 0 saturated heterocycles. The predicted molar refractivity (Wildman–Crippen MR) is 86.6 cm³/mol. The van der Waals surface area contributed by atoms with Crippen molar-refractivity contribution in [2.45, 2.75) is 27.3 Å². The minimum absolute atomic E-state index is 0.650. The Hall–Kier alpha value is -0.870. The highest BCUT2D eigenvalue weighted by atomic mass is 79.9. The van der Waals surface area contributed by atoms with E-state index >= 15 is 0 Å². The quantitative estimate of drug-likeness (QED) is 0.776. The zero-order valence-electron chi connectivity index (χ0n) is 12.3. The summed E-state index contributed by atoms with van der Waals surface area (Å²) in [5, 5.41) is 3.47. The third-order valence-electron chi connectivity index (χ3n) is 2.65. The van der Waals surface area contributed by atoms with Gasteiger partial charge in [0.15, 0.2) is 0 Å². The van der Waals surface area contributed by atoms with Gasteiger partial charge in [-0.15, -0.1) is 0 Å². The number of aromatic nitrogens is 1. The number of pyridine rings is 1. The van der Waals surface area contributed by atoms with Crippen LogP contribution in [0.3, 0.4) is 0 Å². The Morgan fingerprint density at radius 1 is 1.53 bits per heavy atom. The van der Waals surface area contributed by atoms with Crippen LogP contribution in [-0.2, 0) is 6.54 Å². The van der Waals surface area contributed by atoms with E-state index in [4.69, 9.17) is 0 Å².